The highest BCUT2D eigenvalue weighted by molar-refractivity contribution is 6.11. The first-order chi connectivity index (χ1) is 14.6. The molecule has 8 heteroatoms. The van der Waals surface area contributed by atoms with Gasteiger partial charge < -0.3 is 5.32 Å². The second-order valence-corrected chi connectivity index (χ2v) is 6.48. The van der Waals surface area contributed by atoms with Crippen LogP contribution in [0.15, 0.2) is 77.1 Å². The Morgan fingerprint density at radius 2 is 1.77 bits per heavy atom. The Labute approximate surface area is 171 Å². The van der Waals surface area contributed by atoms with Gasteiger partial charge >= 0.3 is 0 Å². The van der Waals surface area contributed by atoms with E-state index in [0.717, 1.165) is 11.1 Å². The van der Waals surface area contributed by atoms with Crippen LogP contribution in [0.4, 0.5) is 5.82 Å². The summed E-state index contributed by atoms with van der Waals surface area (Å²) in [6, 6.07) is 21.5. The number of fused-ring (bicyclic) bond motifs is 1. The Kier molecular flexibility index (Phi) is 4.93. The number of rotatable bonds is 4. The summed E-state index contributed by atoms with van der Waals surface area (Å²) >= 11 is 0. The van der Waals surface area contributed by atoms with Gasteiger partial charge in [-0.3, -0.25) is 9.59 Å². The monoisotopic (exact) mass is 396 g/mol. The highest BCUT2D eigenvalue weighted by atomic mass is 16.2. The van der Waals surface area contributed by atoms with Crippen LogP contribution in [0, 0.1) is 11.3 Å². The number of aromatic nitrogens is 4. The first-order valence-corrected chi connectivity index (χ1v) is 9.10. The Morgan fingerprint density at radius 3 is 2.43 bits per heavy atom. The molecule has 4 rings (SSSR count). The zero-order chi connectivity index (χ0) is 21.1. The third-order valence-electron chi connectivity index (χ3n) is 4.59. The van der Waals surface area contributed by atoms with E-state index in [2.05, 4.69) is 20.5 Å². The number of allylic oxidation sites excluding steroid dienone is 1. The number of nitriles is 1. The summed E-state index contributed by atoms with van der Waals surface area (Å²) in [5.74, 6) is -0.0165. The van der Waals surface area contributed by atoms with Crippen molar-refractivity contribution in [3.05, 3.63) is 88.2 Å². The Bertz CT molecular complexity index is 1360. The van der Waals surface area contributed by atoms with Gasteiger partial charge in [-0.2, -0.15) is 15.3 Å². The van der Waals surface area contributed by atoms with E-state index in [0.29, 0.717) is 11.4 Å². The third-order valence-corrected chi connectivity index (χ3v) is 4.59. The second-order valence-electron chi connectivity index (χ2n) is 6.48. The number of nitrogens with zero attached hydrogens (tertiary/aromatic N) is 4. The Morgan fingerprint density at radius 1 is 1.10 bits per heavy atom. The Balaban J connectivity index is 1.69. The van der Waals surface area contributed by atoms with Gasteiger partial charge in [0.05, 0.1) is 0 Å². The normalized spacial score (nSPS) is 11.6. The fourth-order valence-electron chi connectivity index (χ4n) is 3.08. The van der Waals surface area contributed by atoms with Crippen molar-refractivity contribution in [1.82, 2.24) is 19.6 Å². The van der Waals surface area contributed by atoms with Crippen molar-refractivity contribution in [1.29, 1.82) is 5.26 Å². The summed E-state index contributed by atoms with van der Waals surface area (Å²) in [6.07, 6.45) is 0. The van der Waals surface area contributed by atoms with E-state index in [9.17, 15) is 14.9 Å². The fourth-order valence-corrected chi connectivity index (χ4v) is 3.08. The van der Waals surface area contributed by atoms with E-state index >= 15 is 0 Å². The molecule has 0 aliphatic carbocycles. The molecule has 146 valence electrons. The highest BCUT2D eigenvalue weighted by Crippen LogP contribution is 2.19. The van der Waals surface area contributed by atoms with E-state index in [4.69, 9.17) is 0 Å². The van der Waals surface area contributed by atoms with E-state index < -0.39 is 11.5 Å². The van der Waals surface area contributed by atoms with E-state index in [1.165, 1.54) is 10.5 Å². The maximum Gasteiger partial charge on any atom is 0.267 e. The molecule has 0 radical (unpaired) electrons. The SMILES string of the molecule is C/C(=C(/C#N)C(=O)Nc1cc(=O)n2c(-c3ccccc3)n[nH]c2n1)c1ccccc1. The molecule has 2 aromatic carbocycles. The number of hydrogen-bond acceptors (Lipinski definition) is 5. The molecule has 2 N–H and O–H groups in total. The standard InChI is InChI=1S/C22H16N6O2/c1-14(15-8-4-2-5-9-15)17(13-23)21(30)24-18-12-19(29)28-20(26-27-22(28)25-18)16-10-6-3-7-11-16/h2-12H,1H3,(H,24,30)(H,25,27)/b17-14+. The molecule has 8 nitrogen and oxygen atoms in total. The summed E-state index contributed by atoms with van der Waals surface area (Å²) in [4.78, 5) is 29.6. The van der Waals surface area contributed by atoms with Gasteiger partial charge in [0.15, 0.2) is 5.82 Å². The number of aromatic amines is 1. The lowest BCUT2D eigenvalue weighted by atomic mass is 10.0. The van der Waals surface area contributed by atoms with E-state index in [1.54, 1.807) is 6.92 Å². The van der Waals surface area contributed by atoms with Crippen LogP contribution in [-0.4, -0.2) is 25.5 Å². The first kappa shape index (κ1) is 18.8. The molecule has 0 spiro atoms. The van der Waals surface area contributed by atoms with Crippen molar-refractivity contribution >= 4 is 23.1 Å². The minimum absolute atomic E-state index is 0.0295. The van der Waals surface area contributed by atoms with Gasteiger partial charge in [-0.05, 0) is 18.1 Å². The number of benzene rings is 2. The van der Waals surface area contributed by atoms with Gasteiger partial charge in [0.2, 0.25) is 5.78 Å². The molecule has 2 aromatic heterocycles. The van der Waals surface area contributed by atoms with Crippen molar-refractivity contribution in [2.45, 2.75) is 6.92 Å². The quantitative estimate of drug-likeness (QED) is 0.406. The lowest BCUT2D eigenvalue weighted by molar-refractivity contribution is -0.112. The zero-order valence-corrected chi connectivity index (χ0v) is 16.0. The van der Waals surface area contributed by atoms with Crippen molar-refractivity contribution in [3.8, 4) is 17.5 Å². The molecule has 0 atom stereocenters. The highest BCUT2D eigenvalue weighted by Gasteiger charge is 2.17. The van der Waals surface area contributed by atoms with Gasteiger partial charge in [0, 0.05) is 11.6 Å². The first-order valence-electron chi connectivity index (χ1n) is 9.10. The molecule has 0 bridgehead atoms. The maximum atomic E-state index is 12.7. The number of hydrogen-bond donors (Lipinski definition) is 2. The van der Waals surface area contributed by atoms with Crippen molar-refractivity contribution < 1.29 is 4.79 Å². The summed E-state index contributed by atoms with van der Waals surface area (Å²) in [6.45, 7) is 1.69. The van der Waals surface area contributed by atoms with Crippen LogP contribution in [0.1, 0.15) is 12.5 Å². The number of anilines is 1. The number of amides is 1. The minimum Gasteiger partial charge on any atom is -0.306 e. The van der Waals surface area contributed by atoms with Gasteiger partial charge in [-0.15, -0.1) is 0 Å². The topological polar surface area (TPSA) is 116 Å². The van der Waals surface area contributed by atoms with Crippen LogP contribution in [0.3, 0.4) is 0 Å². The molecule has 0 aliphatic heterocycles. The fraction of sp³-hybridized carbons (Fsp3) is 0.0455. The average molecular weight is 396 g/mol. The molecule has 4 aromatic rings. The lowest BCUT2D eigenvalue weighted by Crippen LogP contribution is -2.20. The maximum absolute atomic E-state index is 12.7. The van der Waals surface area contributed by atoms with Gasteiger partial charge in [0.1, 0.15) is 17.5 Å². The van der Waals surface area contributed by atoms with Gasteiger partial charge in [-0.25, -0.2) is 9.50 Å². The molecule has 0 unspecified atom stereocenters. The molecule has 0 saturated heterocycles. The van der Waals surface area contributed by atoms with Crippen LogP contribution >= 0.6 is 0 Å². The third kappa shape index (κ3) is 3.47. The largest absolute Gasteiger partial charge is 0.306 e. The summed E-state index contributed by atoms with van der Waals surface area (Å²) in [7, 11) is 0. The molecule has 1 amide bonds. The number of nitrogens with one attached hydrogen (secondary N) is 2. The van der Waals surface area contributed by atoms with Crippen LogP contribution < -0.4 is 10.9 Å². The summed E-state index contributed by atoms with van der Waals surface area (Å²) < 4.78 is 1.32. The molecule has 30 heavy (non-hydrogen) atoms. The number of carbonyl (C=O) groups is 1. The Hall–Kier alpha value is -4.51. The minimum atomic E-state index is -0.641. The summed E-state index contributed by atoms with van der Waals surface area (Å²) in [5.41, 5.74) is 1.57. The molecule has 0 fully saturated rings. The molecule has 0 aliphatic rings. The van der Waals surface area contributed by atoms with Crippen LogP contribution in [0.5, 0.6) is 0 Å². The van der Waals surface area contributed by atoms with Gasteiger partial charge in [-0.1, -0.05) is 60.7 Å². The van der Waals surface area contributed by atoms with Crippen LogP contribution in [0.25, 0.3) is 22.7 Å². The molecule has 2 heterocycles. The van der Waals surface area contributed by atoms with Crippen molar-refractivity contribution in [2.75, 3.05) is 5.32 Å². The molecular formula is C22H16N6O2. The van der Waals surface area contributed by atoms with Gasteiger partial charge in [0.25, 0.3) is 11.5 Å². The number of H-pyrrole nitrogens is 1. The second kappa shape index (κ2) is 7.85. The predicted octanol–water partition coefficient (Wildman–Crippen LogP) is 3.02. The molecular weight excluding hydrogens is 380 g/mol. The zero-order valence-electron chi connectivity index (χ0n) is 16.0. The van der Waals surface area contributed by atoms with E-state index in [-0.39, 0.29) is 17.2 Å². The van der Waals surface area contributed by atoms with E-state index in [1.807, 2.05) is 66.7 Å². The van der Waals surface area contributed by atoms with Crippen LogP contribution in [0.2, 0.25) is 0 Å². The number of carbonyl (C=O) groups excluding carboxylic acids is 1. The summed E-state index contributed by atoms with van der Waals surface area (Å²) in [5, 5.41) is 18.9. The predicted molar refractivity (Wildman–Crippen MR) is 112 cm³/mol. The lowest BCUT2D eigenvalue weighted by Gasteiger charge is -2.07. The van der Waals surface area contributed by atoms with Crippen LogP contribution in [-0.2, 0) is 4.79 Å². The molecule has 0 saturated carbocycles. The van der Waals surface area contributed by atoms with Crippen molar-refractivity contribution in [2.24, 2.45) is 0 Å². The average Bonchev–Trinajstić information content (AvgIpc) is 3.20. The van der Waals surface area contributed by atoms with Crippen molar-refractivity contribution in [3.63, 3.8) is 0 Å². The smallest absolute Gasteiger partial charge is 0.267 e.